The van der Waals surface area contributed by atoms with E-state index in [1.165, 1.54) is 0 Å². The number of methoxy groups -OCH3 is 1. The van der Waals surface area contributed by atoms with Gasteiger partial charge in [-0.2, -0.15) is 0 Å². The van der Waals surface area contributed by atoms with Gasteiger partial charge in [0.25, 0.3) is 11.8 Å². The summed E-state index contributed by atoms with van der Waals surface area (Å²) in [4.78, 5) is 24.8. The van der Waals surface area contributed by atoms with Gasteiger partial charge in [0.2, 0.25) is 0 Å². The number of para-hydroxylation sites is 1. The van der Waals surface area contributed by atoms with Crippen molar-refractivity contribution in [1.82, 2.24) is 10.6 Å². The Labute approximate surface area is 170 Å². The standard InChI is InChI=1S/C24H24N2O3/c1-17-7-3-4-8-20(17)15-25-23(27)18-11-13-19(14-12-18)24(28)26-16-21-9-5-6-10-22(21)29-2/h3-14H,15-16H2,1-2H3,(H,25,27)(H,26,28). The molecule has 0 bridgehead atoms. The SMILES string of the molecule is COc1ccccc1CNC(=O)c1ccc(C(=O)NCc2ccccc2C)cc1. The first kappa shape index (κ1) is 20.1. The van der Waals surface area contributed by atoms with Crippen LogP contribution in [-0.4, -0.2) is 18.9 Å². The molecule has 0 radical (unpaired) electrons. The summed E-state index contributed by atoms with van der Waals surface area (Å²) in [6.45, 7) is 2.84. The van der Waals surface area contributed by atoms with Gasteiger partial charge in [0.1, 0.15) is 5.75 Å². The topological polar surface area (TPSA) is 67.4 Å². The first-order valence-electron chi connectivity index (χ1n) is 9.41. The Hall–Kier alpha value is -3.60. The van der Waals surface area contributed by atoms with Gasteiger partial charge in [0, 0.05) is 29.8 Å². The summed E-state index contributed by atoms with van der Waals surface area (Å²) in [7, 11) is 1.60. The molecular weight excluding hydrogens is 364 g/mol. The third-order valence-electron chi connectivity index (χ3n) is 4.74. The van der Waals surface area contributed by atoms with Crippen molar-refractivity contribution in [3.63, 3.8) is 0 Å². The summed E-state index contributed by atoms with van der Waals surface area (Å²) >= 11 is 0. The van der Waals surface area contributed by atoms with Crippen LogP contribution >= 0.6 is 0 Å². The molecule has 0 heterocycles. The van der Waals surface area contributed by atoms with Crippen molar-refractivity contribution >= 4 is 11.8 Å². The van der Waals surface area contributed by atoms with Crippen LogP contribution in [0, 0.1) is 6.92 Å². The molecule has 5 heteroatoms. The van der Waals surface area contributed by atoms with E-state index in [0.29, 0.717) is 24.2 Å². The normalized spacial score (nSPS) is 10.3. The Kier molecular flexibility index (Phi) is 6.63. The van der Waals surface area contributed by atoms with Gasteiger partial charge in [-0.25, -0.2) is 0 Å². The Bertz CT molecular complexity index is 997. The van der Waals surface area contributed by atoms with E-state index in [-0.39, 0.29) is 11.8 Å². The summed E-state index contributed by atoms with van der Waals surface area (Å²) < 4.78 is 5.29. The van der Waals surface area contributed by atoms with Gasteiger partial charge in [0.15, 0.2) is 0 Å². The van der Waals surface area contributed by atoms with Gasteiger partial charge in [-0.15, -0.1) is 0 Å². The van der Waals surface area contributed by atoms with Crippen molar-refractivity contribution in [2.45, 2.75) is 20.0 Å². The third kappa shape index (κ3) is 5.23. The molecule has 0 atom stereocenters. The van der Waals surface area contributed by atoms with E-state index in [0.717, 1.165) is 22.4 Å². The second kappa shape index (κ2) is 9.55. The van der Waals surface area contributed by atoms with Crippen molar-refractivity contribution in [3.05, 3.63) is 101 Å². The number of benzene rings is 3. The Morgan fingerprint density at radius 1 is 0.724 bits per heavy atom. The molecule has 2 N–H and O–H groups in total. The molecule has 0 spiro atoms. The first-order chi connectivity index (χ1) is 14.1. The van der Waals surface area contributed by atoms with Gasteiger partial charge >= 0.3 is 0 Å². The van der Waals surface area contributed by atoms with Crippen molar-refractivity contribution in [2.24, 2.45) is 0 Å². The fourth-order valence-electron chi connectivity index (χ4n) is 2.99. The van der Waals surface area contributed by atoms with Gasteiger partial charge in [-0.3, -0.25) is 9.59 Å². The summed E-state index contributed by atoms with van der Waals surface area (Å²) in [6, 6.07) is 22.1. The quantitative estimate of drug-likeness (QED) is 0.646. The molecule has 2 amide bonds. The van der Waals surface area contributed by atoms with Crippen molar-refractivity contribution in [1.29, 1.82) is 0 Å². The number of aryl methyl sites for hydroxylation is 1. The minimum absolute atomic E-state index is 0.172. The molecule has 3 rings (SSSR count). The molecule has 0 aromatic heterocycles. The van der Waals surface area contributed by atoms with Crippen LogP contribution in [0.15, 0.2) is 72.8 Å². The van der Waals surface area contributed by atoms with E-state index < -0.39 is 0 Å². The first-order valence-corrected chi connectivity index (χ1v) is 9.41. The maximum atomic E-state index is 12.4. The van der Waals surface area contributed by atoms with Gasteiger partial charge < -0.3 is 15.4 Å². The molecule has 3 aromatic rings. The van der Waals surface area contributed by atoms with E-state index in [2.05, 4.69) is 10.6 Å². The van der Waals surface area contributed by atoms with Crippen LogP contribution in [0.4, 0.5) is 0 Å². The lowest BCUT2D eigenvalue weighted by molar-refractivity contribution is 0.0939. The average Bonchev–Trinajstić information content (AvgIpc) is 2.77. The highest BCUT2D eigenvalue weighted by Gasteiger charge is 2.10. The van der Waals surface area contributed by atoms with Crippen LogP contribution < -0.4 is 15.4 Å². The Morgan fingerprint density at radius 2 is 1.21 bits per heavy atom. The van der Waals surface area contributed by atoms with Crippen LogP contribution in [0.2, 0.25) is 0 Å². The van der Waals surface area contributed by atoms with Crippen molar-refractivity contribution < 1.29 is 14.3 Å². The fraction of sp³-hybridized carbons (Fsp3) is 0.167. The number of ether oxygens (including phenoxy) is 1. The molecule has 5 nitrogen and oxygen atoms in total. The number of nitrogens with one attached hydrogen (secondary N) is 2. The van der Waals surface area contributed by atoms with Gasteiger partial charge in [-0.05, 0) is 48.4 Å². The highest BCUT2D eigenvalue weighted by Crippen LogP contribution is 2.17. The zero-order valence-electron chi connectivity index (χ0n) is 16.6. The van der Waals surface area contributed by atoms with Crippen molar-refractivity contribution in [3.8, 4) is 5.75 Å². The van der Waals surface area contributed by atoms with Crippen LogP contribution in [0.5, 0.6) is 5.75 Å². The van der Waals surface area contributed by atoms with Crippen molar-refractivity contribution in [2.75, 3.05) is 7.11 Å². The number of carbonyl (C=O) groups excluding carboxylic acids is 2. The fourth-order valence-corrected chi connectivity index (χ4v) is 2.99. The van der Waals surface area contributed by atoms with Crippen LogP contribution in [0.3, 0.4) is 0 Å². The minimum atomic E-state index is -0.206. The minimum Gasteiger partial charge on any atom is -0.496 e. The van der Waals surface area contributed by atoms with Crippen LogP contribution in [-0.2, 0) is 13.1 Å². The summed E-state index contributed by atoms with van der Waals surface area (Å²) in [6.07, 6.45) is 0. The van der Waals surface area contributed by atoms with E-state index in [9.17, 15) is 9.59 Å². The van der Waals surface area contributed by atoms with Gasteiger partial charge in [-0.1, -0.05) is 42.5 Å². The number of rotatable bonds is 7. The molecule has 0 saturated carbocycles. The molecular formula is C24H24N2O3. The largest absolute Gasteiger partial charge is 0.496 e. The molecule has 0 aliphatic rings. The Morgan fingerprint density at radius 3 is 1.76 bits per heavy atom. The number of amides is 2. The summed E-state index contributed by atoms with van der Waals surface area (Å²) in [5, 5.41) is 5.78. The number of hydrogen-bond donors (Lipinski definition) is 2. The molecule has 3 aromatic carbocycles. The predicted octanol–water partition coefficient (Wildman–Crippen LogP) is 3.86. The lowest BCUT2D eigenvalue weighted by Gasteiger charge is -2.10. The third-order valence-corrected chi connectivity index (χ3v) is 4.74. The molecule has 0 fully saturated rings. The molecule has 29 heavy (non-hydrogen) atoms. The Balaban J connectivity index is 1.57. The molecule has 0 unspecified atom stereocenters. The van der Waals surface area contributed by atoms with E-state index in [1.807, 2.05) is 55.5 Å². The molecule has 0 aliphatic heterocycles. The second-order valence-corrected chi connectivity index (χ2v) is 6.68. The van der Waals surface area contributed by atoms with Crippen LogP contribution in [0.25, 0.3) is 0 Å². The highest BCUT2D eigenvalue weighted by atomic mass is 16.5. The maximum Gasteiger partial charge on any atom is 0.251 e. The van der Waals surface area contributed by atoms with E-state index in [4.69, 9.17) is 4.74 Å². The zero-order valence-corrected chi connectivity index (χ0v) is 16.6. The smallest absolute Gasteiger partial charge is 0.251 e. The number of carbonyl (C=O) groups is 2. The maximum absolute atomic E-state index is 12.4. The van der Waals surface area contributed by atoms with Crippen LogP contribution in [0.1, 0.15) is 37.4 Å². The van der Waals surface area contributed by atoms with Gasteiger partial charge in [0.05, 0.1) is 7.11 Å². The molecule has 148 valence electrons. The predicted molar refractivity (Wildman–Crippen MR) is 113 cm³/mol. The number of hydrogen-bond acceptors (Lipinski definition) is 3. The molecule has 0 saturated heterocycles. The average molecular weight is 388 g/mol. The van der Waals surface area contributed by atoms with E-state index in [1.54, 1.807) is 31.4 Å². The molecule has 0 aliphatic carbocycles. The summed E-state index contributed by atoms with van der Waals surface area (Å²) in [5.41, 5.74) is 4.12. The summed E-state index contributed by atoms with van der Waals surface area (Å²) in [5.74, 6) is 0.352. The lowest BCUT2D eigenvalue weighted by Crippen LogP contribution is -2.24. The highest BCUT2D eigenvalue weighted by molar-refractivity contribution is 5.97. The monoisotopic (exact) mass is 388 g/mol. The zero-order chi connectivity index (χ0) is 20.6. The lowest BCUT2D eigenvalue weighted by atomic mass is 10.1. The van der Waals surface area contributed by atoms with E-state index >= 15 is 0 Å². The second-order valence-electron chi connectivity index (χ2n) is 6.68.